The summed E-state index contributed by atoms with van der Waals surface area (Å²) in [5, 5.41) is 0.321. The lowest BCUT2D eigenvalue weighted by Crippen LogP contribution is -2.39. The third kappa shape index (κ3) is 4.19. The van der Waals surface area contributed by atoms with Gasteiger partial charge in [-0.1, -0.05) is 30.7 Å². The van der Waals surface area contributed by atoms with Gasteiger partial charge < -0.3 is 4.90 Å². The van der Waals surface area contributed by atoms with E-state index in [4.69, 9.17) is 11.6 Å². The molecule has 26 heavy (non-hydrogen) atoms. The van der Waals surface area contributed by atoms with E-state index in [9.17, 15) is 13.2 Å². The Hall–Kier alpha value is -2.05. The van der Waals surface area contributed by atoms with E-state index in [1.165, 1.54) is 12.1 Å². The van der Waals surface area contributed by atoms with Crippen LogP contribution in [0.5, 0.6) is 0 Å². The Morgan fingerprint density at radius 2 is 1.85 bits per heavy atom. The van der Waals surface area contributed by atoms with Gasteiger partial charge in [0.2, 0.25) is 0 Å². The molecule has 1 aliphatic heterocycles. The summed E-state index contributed by atoms with van der Waals surface area (Å²) in [7, 11) is -3.77. The van der Waals surface area contributed by atoms with Gasteiger partial charge in [0.15, 0.2) is 0 Å². The van der Waals surface area contributed by atoms with Gasteiger partial charge in [0.05, 0.1) is 15.6 Å². The van der Waals surface area contributed by atoms with Crippen molar-refractivity contribution < 1.29 is 13.2 Å². The molecule has 5 nitrogen and oxygen atoms in total. The van der Waals surface area contributed by atoms with Crippen LogP contribution in [0.15, 0.2) is 53.4 Å². The quantitative estimate of drug-likeness (QED) is 0.854. The highest BCUT2D eigenvalue weighted by atomic mass is 35.5. The highest BCUT2D eigenvalue weighted by Crippen LogP contribution is 2.24. The fourth-order valence-electron chi connectivity index (χ4n) is 3.08. The van der Waals surface area contributed by atoms with Gasteiger partial charge in [-0.05, 0) is 55.2 Å². The van der Waals surface area contributed by atoms with Crippen molar-refractivity contribution in [3.63, 3.8) is 0 Å². The van der Waals surface area contributed by atoms with Crippen LogP contribution < -0.4 is 4.72 Å². The van der Waals surface area contributed by atoms with E-state index < -0.39 is 10.0 Å². The van der Waals surface area contributed by atoms with Gasteiger partial charge in [0.25, 0.3) is 15.9 Å². The van der Waals surface area contributed by atoms with E-state index >= 15 is 0 Å². The predicted molar refractivity (Wildman–Crippen MR) is 103 cm³/mol. The van der Waals surface area contributed by atoms with Crippen molar-refractivity contribution in [1.82, 2.24) is 4.90 Å². The monoisotopic (exact) mass is 392 g/mol. The fraction of sp³-hybridized carbons (Fsp3) is 0.316. The number of carbonyl (C=O) groups is 1. The second kappa shape index (κ2) is 7.68. The van der Waals surface area contributed by atoms with Crippen LogP contribution in [-0.4, -0.2) is 32.3 Å². The molecular weight excluding hydrogens is 372 g/mol. The number of hydrogen-bond acceptors (Lipinski definition) is 3. The number of carbonyl (C=O) groups excluding carboxylic acids is 1. The number of amides is 1. The number of hydrogen-bond donors (Lipinski definition) is 1. The van der Waals surface area contributed by atoms with Crippen LogP contribution in [0.2, 0.25) is 5.02 Å². The molecule has 0 radical (unpaired) electrons. The SMILES string of the molecule is C[C@@H]1CCCN(C(=O)c2ccc(S(=O)(=O)Nc3ccccc3Cl)cc2)C1. The predicted octanol–water partition coefficient (Wildman–Crippen LogP) is 4.01. The largest absolute Gasteiger partial charge is 0.338 e. The third-order valence-corrected chi connectivity index (χ3v) is 6.18. The normalized spacial score (nSPS) is 17.8. The van der Waals surface area contributed by atoms with Crippen molar-refractivity contribution in [2.45, 2.75) is 24.7 Å². The lowest BCUT2D eigenvalue weighted by atomic mass is 9.99. The molecule has 138 valence electrons. The van der Waals surface area contributed by atoms with Crippen molar-refractivity contribution >= 4 is 33.2 Å². The van der Waals surface area contributed by atoms with Crippen LogP contribution in [0.1, 0.15) is 30.1 Å². The Bertz CT molecular complexity index is 897. The summed E-state index contributed by atoms with van der Waals surface area (Å²) >= 11 is 6.01. The van der Waals surface area contributed by atoms with Crippen molar-refractivity contribution in [2.24, 2.45) is 5.92 Å². The number of likely N-dealkylation sites (tertiary alicyclic amines) is 1. The summed E-state index contributed by atoms with van der Waals surface area (Å²) in [5.74, 6) is 0.437. The Kier molecular flexibility index (Phi) is 5.53. The van der Waals surface area contributed by atoms with Crippen LogP contribution in [0.3, 0.4) is 0 Å². The molecule has 0 aromatic heterocycles. The summed E-state index contributed by atoms with van der Waals surface area (Å²) in [6.45, 7) is 3.62. The van der Waals surface area contributed by atoms with E-state index in [2.05, 4.69) is 11.6 Å². The minimum Gasteiger partial charge on any atom is -0.338 e. The second-order valence-corrected chi connectivity index (χ2v) is 8.70. The Morgan fingerprint density at radius 1 is 1.15 bits per heavy atom. The first kappa shape index (κ1) is 18.7. The zero-order valence-corrected chi connectivity index (χ0v) is 16.1. The molecular formula is C19H21ClN2O3S. The smallest absolute Gasteiger partial charge is 0.261 e. The summed E-state index contributed by atoms with van der Waals surface area (Å²) in [4.78, 5) is 14.5. The van der Waals surface area contributed by atoms with Crippen molar-refractivity contribution in [2.75, 3.05) is 17.8 Å². The van der Waals surface area contributed by atoms with Crippen LogP contribution in [-0.2, 0) is 10.0 Å². The molecule has 1 aliphatic rings. The second-order valence-electron chi connectivity index (χ2n) is 6.61. The van der Waals surface area contributed by atoms with Gasteiger partial charge >= 0.3 is 0 Å². The standard InChI is InChI=1S/C19H21ClN2O3S/c1-14-5-4-12-22(13-14)19(23)15-8-10-16(11-9-15)26(24,25)21-18-7-3-2-6-17(18)20/h2-3,6-11,14,21H,4-5,12-13H2,1H3/t14-/m1/s1. The molecule has 7 heteroatoms. The Morgan fingerprint density at radius 3 is 2.50 bits per heavy atom. The first-order valence-electron chi connectivity index (χ1n) is 8.53. The van der Waals surface area contributed by atoms with Crippen LogP contribution in [0.4, 0.5) is 5.69 Å². The summed E-state index contributed by atoms with van der Waals surface area (Å²) in [5.41, 5.74) is 0.812. The third-order valence-electron chi connectivity index (χ3n) is 4.47. The van der Waals surface area contributed by atoms with Crippen LogP contribution in [0.25, 0.3) is 0 Å². The molecule has 1 atom stereocenters. The highest BCUT2D eigenvalue weighted by molar-refractivity contribution is 7.92. The average molecular weight is 393 g/mol. The van der Waals surface area contributed by atoms with Gasteiger partial charge in [-0.3, -0.25) is 9.52 Å². The molecule has 2 aromatic carbocycles. The molecule has 0 spiro atoms. The lowest BCUT2D eigenvalue weighted by Gasteiger charge is -2.31. The molecule has 0 unspecified atom stereocenters. The van der Waals surface area contributed by atoms with E-state index in [1.807, 2.05) is 4.90 Å². The van der Waals surface area contributed by atoms with Gasteiger partial charge in [-0.2, -0.15) is 0 Å². The zero-order chi connectivity index (χ0) is 18.7. The molecule has 0 saturated carbocycles. The number of rotatable bonds is 4. The summed E-state index contributed by atoms with van der Waals surface area (Å²) in [6.07, 6.45) is 2.13. The minimum atomic E-state index is -3.77. The van der Waals surface area contributed by atoms with Gasteiger partial charge in [-0.25, -0.2) is 8.42 Å². The summed E-state index contributed by atoms with van der Waals surface area (Å²) < 4.78 is 27.5. The maximum atomic E-state index is 12.6. The number of para-hydroxylation sites is 1. The lowest BCUT2D eigenvalue weighted by molar-refractivity contribution is 0.0683. The van der Waals surface area contributed by atoms with Crippen molar-refractivity contribution in [3.8, 4) is 0 Å². The molecule has 1 heterocycles. The van der Waals surface area contributed by atoms with Gasteiger partial charge in [0, 0.05) is 18.7 Å². The van der Waals surface area contributed by atoms with Crippen LogP contribution >= 0.6 is 11.6 Å². The fourth-order valence-corrected chi connectivity index (χ4v) is 4.40. The number of nitrogens with zero attached hydrogens (tertiary/aromatic N) is 1. The van der Waals surface area contributed by atoms with E-state index in [-0.39, 0.29) is 10.8 Å². The molecule has 2 aromatic rings. The molecule has 0 aliphatic carbocycles. The Labute approximate surface area is 159 Å². The number of halogens is 1. The molecule has 1 fully saturated rings. The molecule has 0 bridgehead atoms. The topological polar surface area (TPSA) is 66.5 Å². The number of sulfonamides is 1. The zero-order valence-electron chi connectivity index (χ0n) is 14.5. The van der Waals surface area contributed by atoms with Crippen molar-refractivity contribution in [1.29, 1.82) is 0 Å². The van der Waals surface area contributed by atoms with Crippen molar-refractivity contribution in [3.05, 3.63) is 59.1 Å². The van der Waals surface area contributed by atoms with E-state index in [1.54, 1.807) is 36.4 Å². The molecule has 3 rings (SSSR count). The van der Waals surface area contributed by atoms with Gasteiger partial charge in [0.1, 0.15) is 0 Å². The Balaban J connectivity index is 1.76. The average Bonchev–Trinajstić information content (AvgIpc) is 2.63. The van der Waals surface area contributed by atoms with Gasteiger partial charge in [-0.15, -0.1) is 0 Å². The maximum absolute atomic E-state index is 12.6. The number of anilines is 1. The number of piperidine rings is 1. The maximum Gasteiger partial charge on any atom is 0.261 e. The molecule has 1 amide bonds. The molecule has 1 saturated heterocycles. The first-order chi connectivity index (χ1) is 12.4. The molecule has 1 N–H and O–H groups in total. The first-order valence-corrected chi connectivity index (χ1v) is 10.4. The summed E-state index contributed by atoms with van der Waals surface area (Å²) in [6, 6.07) is 12.6. The highest BCUT2D eigenvalue weighted by Gasteiger charge is 2.23. The van der Waals surface area contributed by atoms with E-state index in [0.29, 0.717) is 22.2 Å². The van der Waals surface area contributed by atoms with Crippen LogP contribution in [0, 0.1) is 5.92 Å². The number of nitrogens with one attached hydrogen (secondary N) is 1. The minimum absolute atomic E-state index is 0.0560. The van der Waals surface area contributed by atoms with E-state index in [0.717, 1.165) is 25.9 Å². The number of benzene rings is 2.